The van der Waals surface area contributed by atoms with Crippen LogP contribution in [0.4, 0.5) is 0 Å². The van der Waals surface area contributed by atoms with Gasteiger partial charge in [-0.05, 0) is 12.1 Å². The molecule has 0 aliphatic heterocycles. The van der Waals surface area contributed by atoms with Gasteiger partial charge in [-0.25, -0.2) is 0 Å². The average molecular weight is 294 g/mol. The topological polar surface area (TPSA) is 51.0 Å². The minimum absolute atomic E-state index is 0.549. The van der Waals surface area contributed by atoms with Gasteiger partial charge < -0.3 is 9.84 Å². The lowest BCUT2D eigenvalue weighted by Gasteiger charge is -1.95. The molecule has 0 unspecified atom stereocenters. The molecule has 1 heterocycles. The van der Waals surface area contributed by atoms with Crippen LogP contribution in [0.1, 0.15) is 5.89 Å². The molecule has 17 heavy (non-hydrogen) atoms. The summed E-state index contributed by atoms with van der Waals surface area (Å²) < 4.78 is 6.12. The smallest absolute Gasteiger partial charge is 0.240 e. The molecule has 2 aromatic rings. The third-order valence-electron chi connectivity index (χ3n) is 2.12. The van der Waals surface area contributed by atoms with Crippen molar-refractivity contribution in [2.24, 2.45) is 0 Å². The molecule has 1 aromatic carbocycles. The molecule has 5 heteroatoms. The van der Waals surface area contributed by atoms with Gasteiger partial charge in [0.1, 0.15) is 0 Å². The molecule has 0 saturated carbocycles. The lowest BCUT2D eigenvalue weighted by Crippen LogP contribution is -2.12. The van der Waals surface area contributed by atoms with Crippen LogP contribution in [0.3, 0.4) is 0 Å². The molecular weight excluding hydrogens is 282 g/mol. The minimum atomic E-state index is 0.549. The van der Waals surface area contributed by atoms with Crippen molar-refractivity contribution in [2.45, 2.75) is 6.54 Å². The van der Waals surface area contributed by atoms with Crippen molar-refractivity contribution in [3.8, 4) is 11.4 Å². The second-order valence-electron chi connectivity index (χ2n) is 3.44. The summed E-state index contributed by atoms with van der Waals surface area (Å²) in [5.74, 6) is 1.17. The van der Waals surface area contributed by atoms with E-state index < -0.39 is 0 Å². The van der Waals surface area contributed by atoms with E-state index >= 15 is 0 Å². The van der Waals surface area contributed by atoms with Gasteiger partial charge in [0, 0.05) is 16.6 Å². The maximum absolute atomic E-state index is 5.13. The fraction of sp³-hybridized carbons (Fsp3) is 0.167. The Morgan fingerprint density at radius 1 is 1.47 bits per heavy atom. The van der Waals surface area contributed by atoms with E-state index in [0.717, 1.165) is 10.0 Å². The molecule has 1 aromatic heterocycles. The molecule has 0 spiro atoms. The summed E-state index contributed by atoms with van der Waals surface area (Å²) in [5, 5.41) is 7.04. The Labute approximate surface area is 108 Å². The maximum Gasteiger partial charge on any atom is 0.240 e. The van der Waals surface area contributed by atoms with Gasteiger partial charge in [-0.1, -0.05) is 39.3 Å². The van der Waals surface area contributed by atoms with Gasteiger partial charge in [-0.2, -0.15) is 4.98 Å². The van der Waals surface area contributed by atoms with E-state index in [1.165, 1.54) is 0 Å². The van der Waals surface area contributed by atoms with E-state index in [9.17, 15) is 0 Å². The number of rotatable bonds is 5. The first kappa shape index (κ1) is 12.0. The molecule has 0 amide bonds. The molecule has 0 aliphatic rings. The molecule has 0 aliphatic carbocycles. The van der Waals surface area contributed by atoms with Crippen molar-refractivity contribution >= 4 is 15.9 Å². The predicted molar refractivity (Wildman–Crippen MR) is 69.3 cm³/mol. The molecule has 0 radical (unpaired) electrons. The lowest BCUT2D eigenvalue weighted by atomic mass is 10.2. The molecule has 88 valence electrons. The summed E-state index contributed by atoms with van der Waals surface area (Å²) in [5.41, 5.74) is 0.929. The number of hydrogen-bond donors (Lipinski definition) is 1. The van der Waals surface area contributed by atoms with Crippen molar-refractivity contribution in [3.05, 3.63) is 47.3 Å². The third-order valence-corrected chi connectivity index (χ3v) is 2.61. The quantitative estimate of drug-likeness (QED) is 0.680. The Hall–Kier alpha value is -1.46. The van der Waals surface area contributed by atoms with Gasteiger partial charge >= 0.3 is 0 Å². The number of benzene rings is 1. The maximum atomic E-state index is 5.13. The van der Waals surface area contributed by atoms with E-state index in [4.69, 9.17) is 4.52 Å². The molecule has 4 nitrogen and oxygen atoms in total. The first-order valence-electron chi connectivity index (χ1n) is 5.20. The molecule has 0 bridgehead atoms. The highest BCUT2D eigenvalue weighted by atomic mass is 79.9. The Morgan fingerprint density at radius 2 is 2.35 bits per heavy atom. The number of hydrogen-bond acceptors (Lipinski definition) is 4. The molecular formula is C12H12BrN3O. The van der Waals surface area contributed by atoms with E-state index in [-0.39, 0.29) is 0 Å². The second kappa shape index (κ2) is 5.75. The van der Waals surface area contributed by atoms with E-state index in [1.807, 2.05) is 24.3 Å². The van der Waals surface area contributed by atoms with E-state index in [1.54, 1.807) is 6.08 Å². The van der Waals surface area contributed by atoms with Crippen molar-refractivity contribution in [1.82, 2.24) is 15.5 Å². The van der Waals surface area contributed by atoms with E-state index in [2.05, 4.69) is 38.0 Å². The fourth-order valence-corrected chi connectivity index (χ4v) is 1.75. The van der Waals surface area contributed by atoms with Crippen molar-refractivity contribution in [3.63, 3.8) is 0 Å². The summed E-state index contributed by atoms with van der Waals surface area (Å²) in [6.07, 6.45) is 1.78. The molecule has 0 atom stereocenters. The first-order valence-corrected chi connectivity index (χ1v) is 5.99. The second-order valence-corrected chi connectivity index (χ2v) is 4.36. The SMILES string of the molecule is C=CCNCc1nc(-c2cccc(Br)c2)no1. The highest BCUT2D eigenvalue weighted by Gasteiger charge is 2.07. The Morgan fingerprint density at radius 3 is 3.12 bits per heavy atom. The molecule has 1 N–H and O–H groups in total. The van der Waals surface area contributed by atoms with Crippen LogP contribution in [0, 0.1) is 0 Å². The van der Waals surface area contributed by atoms with Crippen LogP contribution in [-0.2, 0) is 6.54 Å². The Bertz CT molecular complexity index is 510. The van der Waals surface area contributed by atoms with Gasteiger partial charge in [0.05, 0.1) is 6.54 Å². The fourth-order valence-electron chi connectivity index (χ4n) is 1.35. The first-order chi connectivity index (χ1) is 8.29. The van der Waals surface area contributed by atoms with Crippen molar-refractivity contribution < 1.29 is 4.52 Å². The summed E-state index contributed by atoms with van der Waals surface area (Å²) >= 11 is 3.41. The molecule has 0 fully saturated rings. The van der Waals surface area contributed by atoms with Crippen LogP contribution in [-0.4, -0.2) is 16.7 Å². The monoisotopic (exact) mass is 293 g/mol. The summed E-state index contributed by atoms with van der Waals surface area (Å²) in [6.45, 7) is 4.89. The van der Waals surface area contributed by atoms with Crippen LogP contribution in [0.25, 0.3) is 11.4 Å². The number of nitrogens with one attached hydrogen (secondary N) is 1. The van der Waals surface area contributed by atoms with Gasteiger partial charge in [0.25, 0.3) is 0 Å². The zero-order valence-electron chi connectivity index (χ0n) is 9.19. The normalized spacial score (nSPS) is 10.4. The summed E-state index contributed by atoms with van der Waals surface area (Å²) in [7, 11) is 0. The van der Waals surface area contributed by atoms with Crippen molar-refractivity contribution in [1.29, 1.82) is 0 Å². The number of halogens is 1. The molecule has 0 saturated heterocycles. The zero-order chi connectivity index (χ0) is 12.1. The van der Waals surface area contributed by atoms with Crippen LogP contribution < -0.4 is 5.32 Å². The molecule has 2 rings (SSSR count). The van der Waals surface area contributed by atoms with E-state index in [0.29, 0.717) is 24.8 Å². The highest BCUT2D eigenvalue weighted by Crippen LogP contribution is 2.20. The summed E-state index contributed by atoms with van der Waals surface area (Å²) in [4.78, 5) is 4.30. The standard InChI is InChI=1S/C12H12BrN3O/c1-2-6-14-8-11-15-12(16-17-11)9-4-3-5-10(13)7-9/h2-5,7,14H,1,6,8H2. The van der Waals surface area contributed by atoms with Gasteiger partial charge in [-0.3, -0.25) is 0 Å². The predicted octanol–water partition coefficient (Wildman–Crippen LogP) is 2.77. The van der Waals surface area contributed by atoms with Gasteiger partial charge in [0.2, 0.25) is 11.7 Å². The largest absolute Gasteiger partial charge is 0.338 e. The lowest BCUT2D eigenvalue weighted by molar-refractivity contribution is 0.370. The van der Waals surface area contributed by atoms with Crippen molar-refractivity contribution in [2.75, 3.05) is 6.54 Å². The summed E-state index contributed by atoms with van der Waals surface area (Å²) in [6, 6.07) is 7.78. The van der Waals surface area contributed by atoms with Gasteiger partial charge in [0.15, 0.2) is 0 Å². The zero-order valence-corrected chi connectivity index (χ0v) is 10.8. The third kappa shape index (κ3) is 3.25. The average Bonchev–Trinajstić information content (AvgIpc) is 2.78. The minimum Gasteiger partial charge on any atom is -0.338 e. The van der Waals surface area contributed by atoms with Crippen LogP contribution in [0.2, 0.25) is 0 Å². The van der Waals surface area contributed by atoms with Gasteiger partial charge in [-0.15, -0.1) is 6.58 Å². The Kier molecular flexibility index (Phi) is 4.06. The highest BCUT2D eigenvalue weighted by molar-refractivity contribution is 9.10. The number of nitrogens with zero attached hydrogens (tertiary/aromatic N) is 2. The van der Waals surface area contributed by atoms with Crippen LogP contribution in [0.5, 0.6) is 0 Å². The Balaban J connectivity index is 2.10. The van der Waals surface area contributed by atoms with Crippen LogP contribution >= 0.6 is 15.9 Å². The number of aromatic nitrogens is 2. The van der Waals surface area contributed by atoms with Crippen LogP contribution in [0.15, 0.2) is 45.9 Å².